The van der Waals surface area contributed by atoms with Crippen LogP contribution in [0.1, 0.15) is 149 Å². The molecule has 4 aliphatic carbocycles. The summed E-state index contributed by atoms with van der Waals surface area (Å²) in [4.78, 5) is 36.3. The summed E-state index contributed by atoms with van der Waals surface area (Å²) in [5, 5.41) is 26.0. The van der Waals surface area contributed by atoms with Crippen LogP contribution < -0.4 is 10.6 Å². The third kappa shape index (κ3) is 7.74. The molecule has 7 nitrogen and oxygen atoms in total. The van der Waals surface area contributed by atoms with Gasteiger partial charge < -0.3 is 20.8 Å². The highest BCUT2D eigenvalue weighted by Crippen LogP contribution is 2.45. The summed E-state index contributed by atoms with van der Waals surface area (Å²) in [7, 11) is 0. The normalized spacial score (nSPS) is 20.9. The number of aliphatic hydroxyl groups is 1. The van der Waals surface area contributed by atoms with Gasteiger partial charge in [-0.3, -0.25) is 9.59 Å². The first-order valence-corrected chi connectivity index (χ1v) is 18.5. The van der Waals surface area contributed by atoms with Crippen molar-refractivity contribution in [1.29, 1.82) is 0 Å². The van der Waals surface area contributed by atoms with Gasteiger partial charge in [0.05, 0.1) is 17.5 Å². The number of hydrogen-bond acceptors (Lipinski definition) is 4. The number of aryl methyl sites for hydroxylation is 4. The maximum Gasteiger partial charge on any atom is 0.381 e. The van der Waals surface area contributed by atoms with Gasteiger partial charge in [-0.25, -0.2) is 4.79 Å². The number of benzene rings is 2. The Hall–Kier alpha value is -4.05. The fraction of sp³-hybridized carbons (Fsp3) is 0.548. The molecule has 2 amide bonds. The molecule has 2 aromatic carbocycles. The molecular weight excluding hydrogens is 612 g/mol. The molecule has 0 saturated heterocycles. The molecule has 0 unspecified atom stereocenters. The van der Waals surface area contributed by atoms with Gasteiger partial charge in [0.2, 0.25) is 5.91 Å². The minimum absolute atomic E-state index is 0. The van der Waals surface area contributed by atoms with Crippen LogP contribution in [0.5, 0.6) is 0 Å². The molecule has 2 aromatic rings. The van der Waals surface area contributed by atoms with Crippen LogP contribution in [0, 0.1) is 39.5 Å². The lowest BCUT2D eigenvalue weighted by molar-refractivity contribution is -0.130. The highest BCUT2D eigenvalue weighted by Gasteiger charge is 2.47. The Balaban J connectivity index is 0.000000221. The van der Waals surface area contributed by atoms with E-state index in [9.17, 15) is 19.5 Å². The predicted molar refractivity (Wildman–Crippen MR) is 197 cm³/mol. The molecule has 0 bridgehead atoms. The average molecular weight is 669 g/mol. The van der Waals surface area contributed by atoms with Crippen molar-refractivity contribution in [1.82, 2.24) is 10.6 Å². The van der Waals surface area contributed by atoms with Gasteiger partial charge in [0.25, 0.3) is 5.91 Å². The van der Waals surface area contributed by atoms with E-state index in [0.717, 1.165) is 91.2 Å². The number of hydrogen-bond donors (Lipinski definition) is 4. The Kier molecular flexibility index (Phi) is 9.98. The molecule has 7 rings (SSSR count). The quantitative estimate of drug-likeness (QED) is 0.231. The van der Waals surface area contributed by atoms with E-state index in [-0.39, 0.29) is 20.4 Å². The number of carboxylic acid groups (broad SMARTS) is 1. The Bertz CT molecular complexity index is 1700. The molecule has 7 heteroatoms. The van der Waals surface area contributed by atoms with Gasteiger partial charge in [0.1, 0.15) is 11.3 Å². The average Bonchev–Trinajstić information content (AvgIpc) is 3.98. The van der Waals surface area contributed by atoms with Crippen LogP contribution in [0.4, 0.5) is 0 Å². The zero-order chi connectivity index (χ0) is 34.9. The second kappa shape index (κ2) is 14.1. The van der Waals surface area contributed by atoms with Crippen molar-refractivity contribution in [2.75, 3.05) is 0 Å². The summed E-state index contributed by atoms with van der Waals surface area (Å²) in [6, 6.07) is 8.85. The summed E-state index contributed by atoms with van der Waals surface area (Å²) in [5.74, 6) is 5.42. The van der Waals surface area contributed by atoms with E-state index in [4.69, 9.17) is 5.11 Å². The number of carboxylic acids is 1. The maximum absolute atomic E-state index is 12.7. The van der Waals surface area contributed by atoms with Crippen molar-refractivity contribution in [2.24, 2.45) is 0 Å². The Morgan fingerprint density at radius 1 is 0.816 bits per heavy atom. The van der Waals surface area contributed by atoms with Gasteiger partial charge in [0.15, 0.2) is 0 Å². The first-order valence-electron chi connectivity index (χ1n) is 18.5. The second-order valence-electron chi connectivity index (χ2n) is 15.5. The molecule has 264 valence electrons. The standard InChI is InChI=1S/C22H27NO3.C20H25NO2.2H2/c1-15-12-18(17-6-7-17)13-16(2)19(15)14-20(24)23-22(11-8-21(25)26)9-4-3-5-10-22;1-12-10-15(14-6-7-14)11-13(2)16(12)17-18(22)20(21-19(17)23)8-4-3-5-9-20;;/h12-13,17H,3-7,9-10,14H2,1-2H3,(H,23,24)(H,25,26);10-11,14,22H,3-9H2,1-2H3,(H,21,23);2*1H. The predicted octanol–water partition coefficient (Wildman–Crippen LogP) is 8.41. The van der Waals surface area contributed by atoms with Gasteiger partial charge >= 0.3 is 5.97 Å². The molecule has 4 fully saturated rings. The minimum Gasteiger partial charge on any atom is -0.509 e. The van der Waals surface area contributed by atoms with E-state index in [2.05, 4.69) is 74.4 Å². The van der Waals surface area contributed by atoms with Crippen molar-refractivity contribution < 1.29 is 27.4 Å². The zero-order valence-corrected chi connectivity index (χ0v) is 29.7. The number of rotatable bonds is 6. The fourth-order valence-corrected chi connectivity index (χ4v) is 8.52. The van der Waals surface area contributed by atoms with E-state index in [1.165, 1.54) is 43.2 Å². The SMILES string of the molecule is Cc1cc(C2CC2)cc(C)c1C1=C(O)C2(CCCCC2)NC1=O.Cc1cc(C2CC2)cc(C)c1CC(=O)NC1(C#CC(=O)O)CCCCC1.[HH].[HH]. The van der Waals surface area contributed by atoms with Crippen LogP contribution in [-0.2, 0) is 20.8 Å². The smallest absolute Gasteiger partial charge is 0.381 e. The van der Waals surface area contributed by atoms with Gasteiger partial charge in [-0.15, -0.1) is 0 Å². The lowest BCUT2D eigenvalue weighted by Crippen LogP contribution is -2.49. The van der Waals surface area contributed by atoms with Gasteiger partial charge in [0, 0.05) is 8.77 Å². The van der Waals surface area contributed by atoms with E-state index < -0.39 is 17.0 Å². The summed E-state index contributed by atoms with van der Waals surface area (Å²) in [6.07, 6.45) is 14.9. The van der Waals surface area contributed by atoms with E-state index in [1.54, 1.807) is 0 Å². The van der Waals surface area contributed by atoms with E-state index in [0.29, 0.717) is 23.8 Å². The summed E-state index contributed by atoms with van der Waals surface area (Å²) < 4.78 is 0. The van der Waals surface area contributed by atoms with Crippen LogP contribution >= 0.6 is 0 Å². The van der Waals surface area contributed by atoms with Gasteiger partial charge in [-0.1, -0.05) is 68.7 Å². The number of amides is 2. The monoisotopic (exact) mass is 668 g/mol. The molecule has 49 heavy (non-hydrogen) atoms. The molecule has 1 heterocycles. The van der Waals surface area contributed by atoms with Gasteiger partial charge in [-0.05, 0) is 135 Å². The van der Waals surface area contributed by atoms with Crippen LogP contribution in [-0.4, -0.2) is 39.1 Å². The molecule has 0 atom stereocenters. The minimum atomic E-state index is -1.15. The van der Waals surface area contributed by atoms with Crippen LogP contribution in [0.15, 0.2) is 30.0 Å². The first-order chi connectivity index (χ1) is 23.4. The first kappa shape index (κ1) is 34.8. The van der Waals surface area contributed by atoms with Crippen molar-refractivity contribution in [3.8, 4) is 11.8 Å². The number of carbonyl (C=O) groups excluding carboxylic acids is 2. The summed E-state index contributed by atoms with van der Waals surface area (Å²) >= 11 is 0. The third-order valence-corrected chi connectivity index (χ3v) is 11.4. The van der Waals surface area contributed by atoms with Crippen molar-refractivity contribution in [3.05, 3.63) is 74.5 Å². The maximum atomic E-state index is 12.7. The third-order valence-electron chi connectivity index (χ3n) is 11.4. The molecule has 1 spiro atoms. The lowest BCUT2D eigenvalue weighted by Gasteiger charge is -2.33. The number of aliphatic hydroxyl groups excluding tert-OH is 1. The molecule has 1 aliphatic heterocycles. The molecule has 0 aromatic heterocycles. The fourth-order valence-electron chi connectivity index (χ4n) is 8.52. The van der Waals surface area contributed by atoms with Crippen molar-refractivity contribution in [2.45, 2.75) is 147 Å². The van der Waals surface area contributed by atoms with Gasteiger partial charge in [-0.2, -0.15) is 0 Å². The molecule has 4 saturated carbocycles. The zero-order valence-electron chi connectivity index (χ0n) is 29.7. The molecule has 4 N–H and O–H groups in total. The van der Waals surface area contributed by atoms with Crippen molar-refractivity contribution >= 4 is 23.4 Å². The molecule has 5 aliphatic rings. The van der Waals surface area contributed by atoms with Crippen LogP contribution in [0.25, 0.3) is 5.57 Å². The highest BCUT2D eigenvalue weighted by atomic mass is 16.4. The number of nitrogens with one attached hydrogen (secondary N) is 2. The Morgan fingerprint density at radius 3 is 1.80 bits per heavy atom. The van der Waals surface area contributed by atoms with Crippen molar-refractivity contribution in [3.63, 3.8) is 0 Å². The van der Waals surface area contributed by atoms with Crippen LogP contribution in [0.2, 0.25) is 0 Å². The number of aliphatic carboxylic acids is 1. The largest absolute Gasteiger partial charge is 0.509 e. The van der Waals surface area contributed by atoms with Crippen LogP contribution in [0.3, 0.4) is 0 Å². The Morgan fingerprint density at radius 2 is 1.31 bits per heavy atom. The highest BCUT2D eigenvalue weighted by molar-refractivity contribution is 6.24. The molecule has 0 radical (unpaired) electrons. The second-order valence-corrected chi connectivity index (χ2v) is 15.5. The summed E-state index contributed by atoms with van der Waals surface area (Å²) in [5.41, 5.74) is 8.65. The van der Waals surface area contributed by atoms with E-state index >= 15 is 0 Å². The summed E-state index contributed by atoms with van der Waals surface area (Å²) in [6.45, 7) is 8.27. The Labute approximate surface area is 294 Å². The molecular formula is C42H56N2O5. The lowest BCUT2D eigenvalue weighted by atomic mass is 9.80. The van der Waals surface area contributed by atoms with E-state index in [1.807, 2.05) is 0 Å². The topological polar surface area (TPSA) is 116 Å². The number of carbonyl (C=O) groups is 3.